The van der Waals surface area contributed by atoms with Crippen molar-refractivity contribution in [3.8, 4) is 0 Å². The van der Waals surface area contributed by atoms with Crippen molar-refractivity contribution in [1.29, 1.82) is 0 Å². The second-order valence-corrected chi connectivity index (χ2v) is 7.66. The van der Waals surface area contributed by atoms with Crippen LogP contribution in [0.2, 0.25) is 0 Å². The highest BCUT2D eigenvalue weighted by Crippen LogP contribution is 2.59. The Kier molecular flexibility index (Phi) is 3.87. The van der Waals surface area contributed by atoms with Gasteiger partial charge in [0, 0.05) is 18.9 Å². The van der Waals surface area contributed by atoms with Crippen molar-refractivity contribution in [1.82, 2.24) is 4.90 Å². The first-order valence-electron chi connectivity index (χ1n) is 9.25. The van der Waals surface area contributed by atoms with Crippen molar-refractivity contribution >= 4 is 11.9 Å². The first-order chi connectivity index (χ1) is 12.0. The topological polar surface area (TPSA) is 55.8 Å². The highest BCUT2D eigenvalue weighted by Gasteiger charge is 2.74. The molecule has 25 heavy (non-hydrogen) atoms. The van der Waals surface area contributed by atoms with Crippen molar-refractivity contribution in [3.05, 3.63) is 35.9 Å². The summed E-state index contributed by atoms with van der Waals surface area (Å²) in [5.41, 5.74) is -1.03. The van der Waals surface area contributed by atoms with Crippen molar-refractivity contribution in [2.24, 2.45) is 11.8 Å². The number of esters is 1. The second kappa shape index (κ2) is 5.84. The highest BCUT2D eigenvalue weighted by atomic mass is 16.6. The molecule has 1 aromatic rings. The average Bonchev–Trinajstić information content (AvgIpc) is 3.06. The Balaban J connectivity index is 1.73. The third-order valence-electron chi connectivity index (χ3n) is 6.01. The summed E-state index contributed by atoms with van der Waals surface area (Å²) in [4.78, 5) is 27.7. The van der Waals surface area contributed by atoms with Gasteiger partial charge in [0.1, 0.15) is 5.72 Å². The lowest BCUT2D eigenvalue weighted by Gasteiger charge is -2.46. The largest absolute Gasteiger partial charge is 0.463 e. The summed E-state index contributed by atoms with van der Waals surface area (Å²) < 4.78 is 11.6. The van der Waals surface area contributed by atoms with E-state index in [1.807, 2.05) is 35.2 Å². The van der Waals surface area contributed by atoms with E-state index in [9.17, 15) is 9.59 Å². The van der Waals surface area contributed by atoms with Crippen LogP contribution in [0.1, 0.15) is 45.1 Å². The molecule has 2 bridgehead atoms. The fourth-order valence-corrected chi connectivity index (χ4v) is 4.89. The predicted octanol–water partition coefficient (Wildman–Crippen LogP) is 2.88. The molecule has 2 saturated heterocycles. The number of hydrogen-bond donors (Lipinski definition) is 0. The van der Waals surface area contributed by atoms with Crippen LogP contribution < -0.4 is 0 Å². The predicted molar refractivity (Wildman–Crippen MR) is 91.3 cm³/mol. The van der Waals surface area contributed by atoms with Gasteiger partial charge >= 0.3 is 5.97 Å². The van der Waals surface area contributed by atoms with Crippen molar-refractivity contribution in [2.45, 2.75) is 57.4 Å². The van der Waals surface area contributed by atoms with E-state index in [4.69, 9.17) is 9.47 Å². The van der Waals surface area contributed by atoms with Gasteiger partial charge in [-0.1, -0.05) is 43.7 Å². The second-order valence-electron chi connectivity index (χ2n) is 7.66. The summed E-state index contributed by atoms with van der Waals surface area (Å²) in [5.74, 6) is -0.0647. The molecule has 2 heterocycles. The van der Waals surface area contributed by atoms with Crippen LogP contribution in [0.25, 0.3) is 0 Å². The Morgan fingerprint density at radius 1 is 1.28 bits per heavy atom. The number of likely N-dealkylation sites (tertiary alicyclic amines) is 1. The van der Waals surface area contributed by atoms with Gasteiger partial charge in [0.25, 0.3) is 5.91 Å². The van der Waals surface area contributed by atoms with E-state index in [0.29, 0.717) is 18.9 Å². The molecule has 3 aliphatic rings. The number of fused-ring (bicyclic) bond motifs is 1. The van der Waals surface area contributed by atoms with Gasteiger partial charge in [-0.3, -0.25) is 4.79 Å². The average molecular weight is 343 g/mol. The molecule has 1 aromatic carbocycles. The van der Waals surface area contributed by atoms with Crippen LogP contribution in [0.3, 0.4) is 0 Å². The van der Waals surface area contributed by atoms with Crippen molar-refractivity contribution < 1.29 is 19.1 Å². The summed E-state index contributed by atoms with van der Waals surface area (Å²) >= 11 is 0. The fourth-order valence-electron chi connectivity index (χ4n) is 4.89. The van der Waals surface area contributed by atoms with Crippen LogP contribution in [0.5, 0.6) is 0 Å². The Labute approximate surface area is 148 Å². The lowest BCUT2D eigenvalue weighted by atomic mass is 9.71. The zero-order chi connectivity index (χ0) is 17.7. The third-order valence-corrected chi connectivity index (χ3v) is 6.01. The quantitative estimate of drug-likeness (QED) is 0.623. The summed E-state index contributed by atoms with van der Waals surface area (Å²) in [6, 6.07) is 9.91. The molecular formula is C20H25NO4. The molecule has 1 aliphatic carbocycles. The Bertz CT molecular complexity index is 690. The van der Waals surface area contributed by atoms with Crippen LogP contribution in [0.4, 0.5) is 0 Å². The molecule has 4 unspecified atom stereocenters. The summed E-state index contributed by atoms with van der Waals surface area (Å²) in [6.07, 6.45) is 3.35. The van der Waals surface area contributed by atoms with Gasteiger partial charge in [0.15, 0.2) is 0 Å². The maximum atomic E-state index is 13.3. The van der Waals surface area contributed by atoms with E-state index in [0.717, 1.165) is 24.8 Å². The minimum atomic E-state index is -1.43. The number of rotatable bonds is 4. The number of carbonyl (C=O) groups is 2. The fraction of sp³-hybridized carbons (Fsp3) is 0.600. The van der Waals surface area contributed by atoms with E-state index in [2.05, 4.69) is 6.92 Å². The van der Waals surface area contributed by atoms with E-state index in [1.165, 1.54) is 0 Å². The normalized spacial score (nSPS) is 36.4. The number of nitrogens with zero attached hydrogens (tertiary/aromatic N) is 1. The Hall–Kier alpha value is -1.88. The van der Waals surface area contributed by atoms with E-state index in [1.54, 1.807) is 6.92 Å². The van der Waals surface area contributed by atoms with Gasteiger partial charge < -0.3 is 14.4 Å². The minimum Gasteiger partial charge on any atom is -0.463 e. The summed E-state index contributed by atoms with van der Waals surface area (Å²) in [5, 5.41) is 0. The molecule has 4 rings (SSSR count). The molecule has 134 valence electrons. The highest BCUT2D eigenvalue weighted by molar-refractivity contribution is 6.08. The zero-order valence-electron chi connectivity index (χ0n) is 14.9. The summed E-state index contributed by atoms with van der Waals surface area (Å²) in [7, 11) is 0. The molecule has 0 aromatic heterocycles. The number of amides is 1. The molecule has 2 aliphatic heterocycles. The number of piperidine rings is 1. The molecule has 4 atom stereocenters. The van der Waals surface area contributed by atoms with Crippen LogP contribution in [0.15, 0.2) is 30.3 Å². The lowest BCUT2D eigenvalue weighted by molar-refractivity contribution is -0.176. The first kappa shape index (κ1) is 16.6. The van der Waals surface area contributed by atoms with E-state index < -0.39 is 17.3 Å². The number of benzene rings is 1. The number of carbonyl (C=O) groups excluding carboxylic acids is 2. The monoisotopic (exact) mass is 343 g/mol. The molecule has 1 spiro atoms. The third kappa shape index (κ3) is 2.32. The molecule has 5 nitrogen and oxygen atoms in total. The molecule has 3 fully saturated rings. The van der Waals surface area contributed by atoms with Crippen molar-refractivity contribution in [2.75, 3.05) is 6.61 Å². The smallest absolute Gasteiger partial charge is 0.348 e. The van der Waals surface area contributed by atoms with Gasteiger partial charge in [0.2, 0.25) is 5.60 Å². The van der Waals surface area contributed by atoms with Gasteiger partial charge in [-0.15, -0.1) is 0 Å². The van der Waals surface area contributed by atoms with E-state index >= 15 is 0 Å². The van der Waals surface area contributed by atoms with Crippen molar-refractivity contribution in [3.63, 3.8) is 0 Å². The SMILES string of the molecule is CCOC(=O)C12CC3CCC(C)CC3(O1)N(Cc1ccccc1)C2=O. The molecule has 0 radical (unpaired) electrons. The maximum Gasteiger partial charge on any atom is 0.348 e. The van der Waals surface area contributed by atoms with Crippen LogP contribution in [-0.2, 0) is 25.6 Å². The molecule has 0 N–H and O–H groups in total. The molecule has 1 saturated carbocycles. The number of ether oxygens (including phenoxy) is 2. The lowest BCUT2D eigenvalue weighted by Crippen LogP contribution is -2.58. The van der Waals surface area contributed by atoms with E-state index in [-0.39, 0.29) is 18.4 Å². The molecular weight excluding hydrogens is 318 g/mol. The van der Waals surface area contributed by atoms with Crippen LogP contribution in [0, 0.1) is 11.8 Å². The van der Waals surface area contributed by atoms with Gasteiger partial charge in [0.05, 0.1) is 6.61 Å². The zero-order valence-corrected chi connectivity index (χ0v) is 14.9. The van der Waals surface area contributed by atoms with Gasteiger partial charge in [-0.05, 0) is 31.2 Å². The minimum absolute atomic E-state index is 0.203. The Morgan fingerprint density at radius 3 is 2.76 bits per heavy atom. The Morgan fingerprint density at radius 2 is 2.04 bits per heavy atom. The standard InChI is InChI=1S/C20H25NO4/c1-3-24-18(23)19-12-16-10-9-14(2)11-20(16,25-19)21(17(19)22)13-15-7-5-4-6-8-15/h4-8,14,16H,3,9-13H2,1-2H3. The summed E-state index contributed by atoms with van der Waals surface area (Å²) in [6.45, 7) is 4.69. The van der Waals surface area contributed by atoms with Gasteiger partial charge in [-0.2, -0.15) is 0 Å². The molecule has 5 heteroatoms. The number of hydrogen-bond acceptors (Lipinski definition) is 4. The van der Waals surface area contributed by atoms with Crippen LogP contribution in [-0.4, -0.2) is 34.7 Å². The maximum absolute atomic E-state index is 13.3. The van der Waals surface area contributed by atoms with Gasteiger partial charge in [-0.25, -0.2) is 4.79 Å². The molecule has 1 amide bonds. The first-order valence-corrected chi connectivity index (χ1v) is 9.25. The van der Waals surface area contributed by atoms with Crippen LogP contribution >= 0.6 is 0 Å².